The third-order valence-corrected chi connectivity index (χ3v) is 5.25. The Morgan fingerprint density at radius 3 is 2.68 bits per heavy atom. The molecule has 0 aromatic heterocycles. The third kappa shape index (κ3) is 4.70. The smallest absolute Gasteiger partial charge is 0.319 e. The summed E-state index contributed by atoms with van der Waals surface area (Å²) in [4.78, 5) is 28.5. The van der Waals surface area contributed by atoms with Gasteiger partial charge in [-0.1, -0.05) is 34.1 Å². The topological polar surface area (TPSA) is 84.9 Å². The van der Waals surface area contributed by atoms with E-state index in [1.54, 1.807) is 34.6 Å². The largest absolute Gasteiger partial charge is 0.325 e. The molecule has 1 aliphatic rings. The van der Waals surface area contributed by atoms with E-state index in [2.05, 4.69) is 21.2 Å². The fourth-order valence-corrected chi connectivity index (χ4v) is 3.59. The Labute approximate surface area is 172 Å². The summed E-state index contributed by atoms with van der Waals surface area (Å²) in [5.74, 6) is -0.568. The molecule has 28 heavy (non-hydrogen) atoms. The first-order valence-corrected chi connectivity index (χ1v) is 9.86. The average Bonchev–Trinajstić information content (AvgIpc) is 2.71. The molecule has 1 aliphatic heterocycles. The van der Waals surface area contributed by atoms with Crippen molar-refractivity contribution < 1.29 is 14.8 Å². The molecule has 3 N–H and O–H groups in total. The van der Waals surface area contributed by atoms with Gasteiger partial charge in [0.05, 0.1) is 6.54 Å². The number of carbonyl (C=O) groups is 2. The fourth-order valence-electron chi connectivity index (χ4n) is 3.20. The standard InChI is InChI=1S/C20H23BrN4O3/c1-14-12-22-9-10-24(14)20(27)25(18-4-2-3-17(21)11-18)13-15-5-7-16(8-6-15)19(26)23-28/h2-8,11,14,22,28H,9-10,12-13H2,1H3,(H,23,26). The van der Waals surface area contributed by atoms with Crippen LogP contribution in [0.1, 0.15) is 22.8 Å². The number of amides is 3. The van der Waals surface area contributed by atoms with Gasteiger partial charge in [0.15, 0.2) is 0 Å². The Morgan fingerprint density at radius 2 is 2.04 bits per heavy atom. The summed E-state index contributed by atoms with van der Waals surface area (Å²) in [5.41, 5.74) is 3.64. The molecular formula is C20H23BrN4O3. The molecule has 1 fully saturated rings. The van der Waals surface area contributed by atoms with Crippen LogP contribution in [0.5, 0.6) is 0 Å². The van der Waals surface area contributed by atoms with Crippen molar-refractivity contribution in [3.63, 3.8) is 0 Å². The molecule has 7 nitrogen and oxygen atoms in total. The highest BCUT2D eigenvalue weighted by Crippen LogP contribution is 2.24. The lowest BCUT2D eigenvalue weighted by Crippen LogP contribution is -2.56. The molecule has 0 radical (unpaired) electrons. The minimum Gasteiger partial charge on any atom is -0.319 e. The van der Waals surface area contributed by atoms with Crippen LogP contribution >= 0.6 is 15.9 Å². The first kappa shape index (κ1) is 20.3. The molecule has 148 valence electrons. The molecule has 3 rings (SSSR count). The van der Waals surface area contributed by atoms with Crippen molar-refractivity contribution in [2.45, 2.75) is 19.5 Å². The molecular weight excluding hydrogens is 424 g/mol. The number of rotatable bonds is 4. The van der Waals surface area contributed by atoms with Gasteiger partial charge in [-0.2, -0.15) is 0 Å². The van der Waals surface area contributed by atoms with Gasteiger partial charge >= 0.3 is 6.03 Å². The number of halogens is 1. The normalized spacial score (nSPS) is 16.5. The number of hydrogen-bond donors (Lipinski definition) is 3. The molecule has 8 heteroatoms. The average molecular weight is 447 g/mol. The van der Waals surface area contributed by atoms with Gasteiger partial charge in [-0.25, -0.2) is 10.3 Å². The molecule has 0 saturated carbocycles. The summed E-state index contributed by atoms with van der Waals surface area (Å²) in [7, 11) is 0. The number of carbonyl (C=O) groups excluding carboxylic acids is 2. The molecule has 0 bridgehead atoms. The number of benzene rings is 2. The SMILES string of the molecule is CC1CNCCN1C(=O)N(Cc1ccc(C(=O)NO)cc1)c1cccc(Br)c1. The van der Waals surface area contributed by atoms with Crippen molar-refractivity contribution in [2.24, 2.45) is 0 Å². The number of anilines is 1. The summed E-state index contributed by atoms with van der Waals surface area (Å²) in [6.45, 7) is 4.59. The van der Waals surface area contributed by atoms with Crippen molar-refractivity contribution in [2.75, 3.05) is 24.5 Å². The van der Waals surface area contributed by atoms with Gasteiger partial charge in [-0.3, -0.25) is 14.9 Å². The number of hydrogen-bond acceptors (Lipinski definition) is 4. The third-order valence-electron chi connectivity index (χ3n) is 4.76. The Kier molecular flexibility index (Phi) is 6.66. The first-order chi connectivity index (χ1) is 13.5. The number of piperazine rings is 1. The fraction of sp³-hybridized carbons (Fsp3) is 0.300. The molecule has 1 heterocycles. The Bertz CT molecular complexity index is 844. The summed E-state index contributed by atoms with van der Waals surface area (Å²) >= 11 is 3.48. The van der Waals surface area contributed by atoms with Gasteiger partial charge in [0.25, 0.3) is 5.91 Å². The van der Waals surface area contributed by atoms with E-state index >= 15 is 0 Å². The van der Waals surface area contributed by atoms with Gasteiger partial charge in [0, 0.05) is 41.4 Å². The maximum Gasteiger partial charge on any atom is 0.325 e. The van der Waals surface area contributed by atoms with Crippen molar-refractivity contribution in [1.82, 2.24) is 15.7 Å². The molecule has 1 atom stereocenters. The maximum absolute atomic E-state index is 13.4. The van der Waals surface area contributed by atoms with E-state index < -0.39 is 5.91 Å². The van der Waals surface area contributed by atoms with Crippen LogP contribution in [0.4, 0.5) is 10.5 Å². The van der Waals surface area contributed by atoms with Gasteiger partial charge in [0.1, 0.15) is 0 Å². The predicted molar refractivity (Wildman–Crippen MR) is 110 cm³/mol. The Morgan fingerprint density at radius 1 is 1.29 bits per heavy atom. The van der Waals surface area contributed by atoms with E-state index in [9.17, 15) is 9.59 Å². The van der Waals surface area contributed by atoms with E-state index in [0.717, 1.165) is 28.8 Å². The quantitative estimate of drug-likeness (QED) is 0.497. The highest BCUT2D eigenvalue weighted by Gasteiger charge is 2.28. The first-order valence-electron chi connectivity index (χ1n) is 9.07. The van der Waals surface area contributed by atoms with Gasteiger partial charge in [0.2, 0.25) is 0 Å². The van der Waals surface area contributed by atoms with Crippen LogP contribution in [0.2, 0.25) is 0 Å². The monoisotopic (exact) mass is 446 g/mol. The zero-order chi connectivity index (χ0) is 20.1. The lowest BCUT2D eigenvalue weighted by atomic mass is 10.1. The predicted octanol–water partition coefficient (Wildman–Crippen LogP) is 2.99. The Hall–Kier alpha value is -2.42. The lowest BCUT2D eigenvalue weighted by molar-refractivity contribution is 0.0706. The number of urea groups is 1. The van der Waals surface area contributed by atoms with Crippen LogP contribution in [0.3, 0.4) is 0 Å². The van der Waals surface area contributed by atoms with E-state index in [4.69, 9.17) is 5.21 Å². The van der Waals surface area contributed by atoms with Crippen LogP contribution in [-0.4, -0.2) is 47.7 Å². The summed E-state index contributed by atoms with van der Waals surface area (Å²) in [5, 5.41) is 12.1. The molecule has 0 aliphatic carbocycles. The molecule has 1 unspecified atom stereocenters. The number of nitrogens with zero attached hydrogens (tertiary/aromatic N) is 2. The summed E-state index contributed by atoms with van der Waals surface area (Å²) < 4.78 is 0.895. The minimum absolute atomic E-state index is 0.0516. The van der Waals surface area contributed by atoms with Crippen molar-refractivity contribution in [3.05, 3.63) is 64.1 Å². The van der Waals surface area contributed by atoms with Gasteiger partial charge < -0.3 is 10.2 Å². The summed E-state index contributed by atoms with van der Waals surface area (Å²) in [6.07, 6.45) is 0. The Balaban J connectivity index is 1.88. The van der Waals surface area contributed by atoms with Crippen LogP contribution in [0, 0.1) is 0 Å². The molecule has 2 aromatic rings. The highest BCUT2D eigenvalue weighted by molar-refractivity contribution is 9.10. The van der Waals surface area contributed by atoms with Crippen LogP contribution in [0.15, 0.2) is 53.0 Å². The zero-order valence-electron chi connectivity index (χ0n) is 15.6. The maximum atomic E-state index is 13.4. The van der Waals surface area contributed by atoms with Crippen molar-refractivity contribution in [3.8, 4) is 0 Å². The molecule has 1 saturated heterocycles. The van der Waals surface area contributed by atoms with Crippen LogP contribution in [-0.2, 0) is 6.54 Å². The molecule has 3 amide bonds. The lowest BCUT2D eigenvalue weighted by Gasteiger charge is -2.38. The molecule has 2 aromatic carbocycles. The minimum atomic E-state index is -0.568. The van der Waals surface area contributed by atoms with Gasteiger partial charge in [-0.05, 0) is 42.8 Å². The van der Waals surface area contributed by atoms with Gasteiger partial charge in [-0.15, -0.1) is 0 Å². The summed E-state index contributed by atoms with van der Waals surface area (Å²) in [6, 6.07) is 14.5. The van der Waals surface area contributed by atoms with Crippen molar-refractivity contribution >= 4 is 33.6 Å². The zero-order valence-corrected chi connectivity index (χ0v) is 17.1. The van der Waals surface area contributed by atoms with E-state index in [1.165, 1.54) is 0 Å². The second-order valence-corrected chi connectivity index (χ2v) is 7.65. The van der Waals surface area contributed by atoms with Crippen LogP contribution < -0.4 is 15.7 Å². The second kappa shape index (κ2) is 9.18. The van der Waals surface area contributed by atoms with E-state index in [0.29, 0.717) is 18.7 Å². The molecule has 0 spiro atoms. The number of nitrogens with one attached hydrogen (secondary N) is 2. The van der Waals surface area contributed by atoms with E-state index in [-0.39, 0.29) is 12.1 Å². The van der Waals surface area contributed by atoms with Crippen LogP contribution in [0.25, 0.3) is 0 Å². The number of hydroxylamine groups is 1. The van der Waals surface area contributed by atoms with Crippen molar-refractivity contribution in [1.29, 1.82) is 0 Å². The van der Waals surface area contributed by atoms with E-state index in [1.807, 2.05) is 36.1 Å². The highest BCUT2D eigenvalue weighted by atomic mass is 79.9. The second-order valence-electron chi connectivity index (χ2n) is 6.73.